The van der Waals surface area contributed by atoms with Gasteiger partial charge in [0.2, 0.25) is 0 Å². The molecule has 0 N–H and O–H groups in total. The van der Waals surface area contributed by atoms with Gasteiger partial charge in [-0.15, -0.1) is 0 Å². The number of nitrogens with zero attached hydrogens (tertiary/aromatic N) is 7. The standard InChI is InChI=1S/C35H21N7/c1-3-11-22(12-4-1)32-38-33(23-13-5-2-6-14-23)40-34(39-32)35-37-27-18-9-16-25-24-15-7-8-19-28(24)41-21-36-26-17-10-20-29(31(26)41)42(35)30(25)27/h1-21H. The molecule has 0 bridgehead atoms. The van der Waals surface area contributed by atoms with E-state index in [1.807, 2.05) is 79.1 Å². The van der Waals surface area contributed by atoms with Gasteiger partial charge in [-0.2, -0.15) is 0 Å². The lowest BCUT2D eigenvalue weighted by atomic mass is 10.1. The first-order valence-corrected chi connectivity index (χ1v) is 13.8. The maximum absolute atomic E-state index is 5.21. The Bertz CT molecular complexity index is 2400. The van der Waals surface area contributed by atoms with Gasteiger partial charge in [0, 0.05) is 21.9 Å². The molecule has 5 aromatic carbocycles. The molecule has 0 aliphatic carbocycles. The van der Waals surface area contributed by atoms with Gasteiger partial charge in [-0.25, -0.2) is 24.9 Å². The van der Waals surface area contributed by atoms with Crippen LogP contribution in [-0.4, -0.2) is 33.7 Å². The van der Waals surface area contributed by atoms with Gasteiger partial charge < -0.3 is 0 Å². The van der Waals surface area contributed by atoms with Crippen LogP contribution in [0.3, 0.4) is 0 Å². The van der Waals surface area contributed by atoms with E-state index >= 15 is 0 Å². The molecule has 9 rings (SSSR count). The Labute approximate surface area is 239 Å². The Morgan fingerprint density at radius 2 is 1.02 bits per heavy atom. The normalized spacial score (nSPS) is 11.8. The van der Waals surface area contributed by atoms with Crippen molar-refractivity contribution in [2.45, 2.75) is 0 Å². The summed E-state index contributed by atoms with van der Waals surface area (Å²) in [6.07, 6.45) is 1.90. The van der Waals surface area contributed by atoms with Crippen molar-refractivity contribution in [1.82, 2.24) is 33.7 Å². The zero-order valence-corrected chi connectivity index (χ0v) is 22.3. The fraction of sp³-hybridized carbons (Fsp3) is 0. The molecule has 42 heavy (non-hydrogen) atoms. The Hall–Kier alpha value is -5.95. The topological polar surface area (TPSA) is 73.3 Å². The third kappa shape index (κ3) is 3.31. The quantitative estimate of drug-likeness (QED) is 0.231. The number of hydrogen-bond acceptors (Lipinski definition) is 5. The van der Waals surface area contributed by atoms with Crippen LogP contribution in [0.4, 0.5) is 0 Å². The van der Waals surface area contributed by atoms with Gasteiger partial charge >= 0.3 is 0 Å². The Kier molecular flexibility index (Phi) is 4.77. The first kappa shape index (κ1) is 22.8. The summed E-state index contributed by atoms with van der Waals surface area (Å²) in [5, 5.41) is 2.19. The number of hydrogen-bond donors (Lipinski definition) is 0. The molecule has 7 heteroatoms. The lowest BCUT2D eigenvalue weighted by molar-refractivity contribution is 1.04. The summed E-state index contributed by atoms with van der Waals surface area (Å²) >= 11 is 0. The van der Waals surface area contributed by atoms with E-state index in [1.54, 1.807) is 0 Å². The van der Waals surface area contributed by atoms with Gasteiger partial charge in [-0.05, 0) is 24.3 Å². The first-order chi connectivity index (χ1) is 20.8. The molecule has 4 heterocycles. The zero-order valence-electron chi connectivity index (χ0n) is 22.3. The SMILES string of the molecule is c1ccc(-c2nc(-c3ccccc3)nc(-c3nc4cccc5c6ccccc6n6cnc7cccc(c76)n3c45)n2)cc1. The molecule has 4 aromatic heterocycles. The average molecular weight is 540 g/mol. The molecule has 0 fully saturated rings. The van der Waals surface area contributed by atoms with Crippen LogP contribution in [0.5, 0.6) is 0 Å². The predicted octanol–water partition coefficient (Wildman–Crippen LogP) is 7.63. The number of rotatable bonds is 3. The molecule has 196 valence electrons. The summed E-state index contributed by atoms with van der Waals surface area (Å²) in [4.78, 5) is 25.0. The van der Waals surface area contributed by atoms with Gasteiger partial charge in [0.15, 0.2) is 23.3 Å². The smallest absolute Gasteiger partial charge is 0.200 e. The van der Waals surface area contributed by atoms with Crippen molar-refractivity contribution < 1.29 is 0 Å². The number of benzene rings is 5. The average Bonchev–Trinajstić information content (AvgIpc) is 3.67. The van der Waals surface area contributed by atoms with Crippen LogP contribution in [-0.2, 0) is 0 Å². The summed E-state index contributed by atoms with van der Waals surface area (Å²) in [5.41, 5.74) is 7.64. The fourth-order valence-electron chi connectivity index (χ4n) is 5.96. The minimum atomic E-state index is 0.502. The molecule has 9 aromatic rings. The van der Waals surface area contributed by atoms with Gasteiger partial charge in [0.05, 0.1) is 33.1 Å². The van der Waals surface area contributed by atoms with E-state index in [4.69, 9.17) is 24.9 Å². The lowest BCUT2D eigenvalue weighted by Gasteiger charge is -2.11. The molecule has 0 saturated heterocycles. The van der Waals surface area contributed by atoms with Gasteiger partial charge in [-0.1, -0.05) is 97.1 Å². The molecule has 0 aliphatic rings. The molecular weight excluding hydrogens is 518 g/mol. The maximum atomic E-state index is 5.21. The highest BCUT2D eigenvalue weighted by Crippen LogP contribution is 2.35. The van der Waals surface area contributed by atoms with Crippen molar-refractivity contribution in [2.24, 2.45) is 0 Å². The van der Waals surface area contributed by atoms with Crippen molar-refractivity contribution >= 4 is 43.9 Å². The highest BCUT2D eigenvalue weighted by molar-refractivity contribution is 6.12. The number of fused-ring (bicyclic) bond motifs is 4. The Morgan fingerprint density at radius 1 is 0.429 bits per heavy atom. The summed E-state index contributed by atoms with van der Waals surface area (Å²) in [6.45, 7) is 0. The summed E-state index contributed by atoms with van der Waals surface area (Å²) in [5.74, 6) is 2.34. The second-order valence-corrected chi connectivity index (χ2v) is 10.3. The molecular formula is C35H21N7. The highest BCUT2D eigenvalue weighted by Gasteiger charge is 2.21. The van der Waals surface area contributed by atoms with E-state index in [1.165, 1.54) is 0 Å². The number of aromatic nitrogens is 7. The highest BCUT2D eigenvalue weighted by atomic mass is 15.1. The van der Waals surface area contributed by atoms with Crippen molar-refractivity contribution in [3.05, 3.63) is 128 Å². The number of imidazole rings is 2. The molecule has 7 nitrogen and oxygen atoms in total. The minimum Gasteiger partial charge on any atom is -0.296 e. The third-order valence-corrected chi connectivity index (χ3v) is 7.82. The molecule has 0 unspecified atom stereocenters. The number of para-hydroxylation sites is 3. The van der Waals surface area contributed by atoms with E-state index in [0.717, 1.165) is 55.0 Å². The van der Waals surface area contributed by atoms with Crippen LogP contribution in [0.1, 0.15) is 0 Å². The van der Waals surface area contributed by atoms with Crippen LogP contribution in [0.25, 0.3) is 78.3 Å². The summed E-state index contributed by atoms with van der Waals surface area (Å²) in [7, 11) is 0. The Balaban J connectivity index is 1.49. The molecule has 0 saturated carbocycles. The van der Waals surface area contributed by atoms with Crippen molar-refractivity contribution in [2.75, 3.05) is 0 Å². The van der Waals surface area contributed by atoms with Crippen LogP contribution in [0.15, 0.2) is 128 Å². The Morgan fingerprint density at radius 3 is 1.79 bits per heavy atom. The van der Waals surface area contributed by atoms with Crippen molar-refractivity contribution in [3.63, 3.8) is 0 Å². The van der Waals surface area contributed by atoms with E-state index in [0.29, 0.717) is 23.3 Å². The van der Waals surface area contributed by atoms with Crippen LogP contribution >= 0.6 is 0 Å². The zero-order chi connectivity index (χ0) is 27.6. The summed E-state index contributed by atoms with van der Waals surface area (Å²) in [6, 6.07) is 40.9. The van der Waals surface area contributed by atoms with Gasteiger partial charge in [0.1, 0.15) is 6.33 Å². The van der Waals surface area contributed by atoms with Crippen LogP contribution < -0.4 is 0 Å². The van der Waals surface area contributed by atoms with E-state index in [-0.39, 0.29) is 0 Å². The van der Waals surface area contributed by atoms with Crippen LogP contribution in [0.2, 0.25) is 0 Å². The van der Waals surface area contributed by atoms with Crippen molar-refractivity contribution in [3.8, 4) is 34.4 Å². The minimum absolute atomic E-state index is 0.502. The van der Waals surface area contributed by atoms with E-state index < -0.39 is 0 Å². The van der Waals surface area contributed by atoms with Crippen LogP contribution in [0, 0.1) is 0 Å². The second-order valence-electron chi connectivity index (χ2n) is 10.3. The fourth-order valence-corrected chi connectivity index (χ4v) is 5.96. The summed E-state index contributed by atoms with van der Waals surface area (Å²) < 4.78 is 4.36. The predicted molar refractivity (Wildman–Crippen MR) is 166 cm³/mol. The third-order valence-electron chi connectivity index (χ3n) is 7.82. The van der Waals surface area contributed by atoms with Crippen molar-refractivity contribution in [1.29, 1.82) is 0 Å². The lowest BCUT2D eigenvalue weighted by Crippen LogP contribution is -2.03. The van der Waals surface area contributed by atoms with E-state index in [9.17, 15) is 0 Å². The molecule has 0 radical (unpaired) electrons. The van der Waals surface area contributed by atoms with Gasteiger partial charge in [-0.3, -0.25) is 8.80 Å². The largest absolute Gasteiger partial charge is 0.296 e. The molecule has 0 atom stereocenters. The molecule has 0 aliphatic heterocycles. The molecule has 0 amide bonds. The maximum Gasteiger partial charge on any atom is 0.200 e. The monoisotopic (exact) mass is 539 g/mol. The second kappa shape index (κ2) is 8.78. The molecule has 0 spiro atoms. The van der Waals surface area contributed by atoms with Gasteiger partial charge in [0.25, 0.3) is 0 Å². The first-order valence-electron chi connectivity index (χ1n) is 13.8. The van der Waals surface area contributed by atoms with E-state index in [2.05, 4.69) is 57.3 Å².